The van der Waals surface area contributed by atoms with Gasteiger partial charge in [0.2, 0.25) is 5.95 Å². The molecule has 0 spiro atoms. The largest absolute Gasteiger partial charge is 0.368 e. The van der Waals surface area contributed by atoms with Gasteiger partial charge in [-0.15, -0.1) is 5.92 Å². The van der Waals surface area contributed by atoms with E-state index in [9.17, 15) is 4.79 Å². The van der Waals surface area contributed by atoms with Crippen molar-refractivity contribution in [3.8, 4) is 11.8 Å². The average Bonchev–Trinajstić information content (AvgIpc) is 3.20. The number of amides is 1. The molecule has 0 saturated carbocycles. The molecular formula is C23H24N8O. The van der Waals surface area contributed by atoms with Gasteiger partial charge in [-0.1, -0.05) is 5.92 Å². The number of likely N-dealkylation sites (N-methyl/N-ethyl adjacent to an activating group) is 1. The molecule has 32 heavy (non-hydrogen) atoms. The monoisotopic (exact) mass is 428 g/mol. The molecule has 3 aromatic rings. The van der Waals surface area contributed by atoms with Crippen molar-refractivity contribution >= 4 is 34.4 Å². The maximum atomic E-state index is 12.6. The molecule has 6 rings (SSSR count). The quantitative estimate of drug-likeness (QED) is 0.615. The smallest absolute Gasteiger partial charge is 0.268 e. The first-order chi connectivity index (χ1) is 15.7. The Hall–Kier alpha value is -3.64. The fourth-order valence-corrected chi connectivity index (χ4v) is 4.65. The number of hydrogen-bond acceptors (Lipinski definition) is 7. The lowest BCUT2D eigenvalue weighted by molar-refractivity contribution is 0.0889. The van der Waals surface area contributed by atoms with Crippen LogP contribution < -0.4 is 15.5 Å². The first-order valence-corrected chi connectivity index (χ1v) is 11.0. The molecule has 0 unspecified atom stereocenters. The first-order valence-electron chi connectivity index (χ1n) is 11.0. The lowest BCUT2D eigenvalue weighted by Crippen LogP contribution is -2.47. The Labute approximate surface area is 185 Å². The molecule has 2 aliphatic heterocycles. The molecule has 1 amide bonds. The van der Waals surface area contributed by atoms with Crippen LogP contribution in [0.5, 0.6) is 0 Å². The summed E-state index contributed by atoms with van der Waals surface area (Å²) in [5.41, 5.74) is 2.42. The number of aromatic nitrogens is 4. The highest BCUT2D eigenvalue weighted by atomic mass is 16.2. The molecule has 2 N–H and O–H groups in total. The van der Waals surface area contributed by atoms with Gasteiger partial charge in [0, 0.05) is 44.2 Å². The Morgan fingerprint density at radius 3 is 2.84 bits per heavy atom. The molecule has 1 saturated heterocycles. The third-order valence-electron chi connectivity index (χ3n) is 6.47. The van der Waals surface area contributed by atoms with Gasteiger partial charge in [0.05, 0.1) is 17.9 Å². The van der Waals surface area contributed by atoms with Gasteiger partial charge in [-0.3, -0.25) is 4.79 Å². The van der Waals surface area contributed by atoms with Crippen LogP contribution in [0.1, 0.15) is 29.4 Å². The molecule has 3 aromatic heterocycles. The lowest BCUT2D eigenvalue weighted by Gasteiger charge is -2.33. The molecule has 5 heterocycles. The van der Waals surface area contributed by atoms with Gasteiger partial charge < -0.3 is 25.0 Å². The van der Waals surface area contributed by atoms with Gasteiger partial charge in [-0.05, 0) is 31.7 Å². The fourth-order valence-electron chi connectivity index (χ4n) is 4.65. The number of fused-ring (bicyclic) bond motifs is 5. The van der Waals surface area contributed by atoms with Crippen molar-refractivity contribution in [3.63, 3.8) is 0 Å². The van der Waals surface area contributed by atoms with E-state index in [-0.39, 0.29) is 18.0 Å². The minimum atomic E-state index is -0.0994. The van der Waals surface area contributed by atoms with Crippen LogP contribution in [0.2, 0.25) is 0 Å². The summed E-state index contributed by atoms with van der Waals surface area (Å²) in [5, 5.41) is 7.11. The molecule has 0 aromatic carbocycles. The number of nitrogens with zero attached hydrogens (tertiary/aromatic N) is 6. The fraction of sp³-hybridized carbons (Fsp3) is 0.391. The number of carbonyl (C=O) groups excluding carboxylic acids is 1. The Morgan fingerprint density at radius 1 is 1.16 bits per heavy atom. The van der Waals surface area contributed by atoms with Crippen molar-refractivity contribution in [2.75, 3.05) is 43.4 Å². The van der Waals surface area contributed by atoms with E-state index in [1.165, 1.54) is 0 Å². The predicted octanol–water partition coefficient (Wildman–Crippen LogP) is 1.77. The van der Waals surface area contributed by atoms with Gasteiger partial charge >= 0.3 is 0 Å². The number of anilines is 3. The molecular weight excluding hydrogens is 404 g/mol. The van der Waals surface area contributed by atoms with Crippen LogP contribution >= 0.6 is 0 Å². The summed E-state index contributed by atoms with van der Waals surface area (Å²) >= 11 is 0. The second kappa shape index (κ2) is 7.50. The van der Waals surface area contributed by atoms with E-state index in [0.29, 0.717) is 23.1 Å². The van der Waals surface area contributed by atoms with E-state index in [1.54, 1.807) is 6.20 Å². The zero-order valence-electron chi connectivity index (χ0n) is 17.9. The Kier molecular flexibility index (Phi) is 4.47. The number of nitrogens with one attached hydrogen (secondary N) is 2. The summed E-state index contributed by atoms with van der Waals surface area (Å²) in [7, 11) is 2.15. The van der Waals surface area contributed by atoms with Crippen LogP contribution in [-0.2, 0) is 0 Å². The van der Waals surface area contributed by atoms with Crippen LogP contribution in [0.15, 0.2) is 30.6 Å². The molecule has 1 aliphatic carbocycles. The highest BCUT2D eigenvalue weighted by Crippen LogP contribution is 2.31. The zero-order chi connectivity index (χ0) is 21.7. The van der Waals surface area contributed by atoms with Gasteiger partial charge in [-0.25, -0.2) is 9.97 Å². The van der Waals surface area contributed by atoms with Crippen molar-refractivity contribution in [2.24, 2.45) is 0 Å². The van der Waals surface area contributed by atoms with Crippen molar-refractivity contribution < 1.29 is 4.79 Å². The highest BCUT2D eigenvalue weighted by molar-refractivity contribution is 5.99. The molecule has 3 aliphatic rings. The summed E-state index contributed by atoms with van der Waals surface area (Å²) in [6.07, 6.45) is 5.28. The average molecular weight is 429 g/mol. The van der Waals surface area contributed by atoms with E-state index < -0.39 is 0 Å². The third-order valence-corrected chi connectivity index (χ3v) is 6.47. The van der Waals surface area contributed by atoms with Crippen LogP contribution in [0.3, 0.4) is 0 Å². The SMILES string of the molecule is CN1CCN(c2ccc(Nc3ncc4cc5n(c4n3)[C@H]3C#CCC[C@@H]3NC5=O)nc2)CC1. The van der Waals surface area contributed by atoms with Gasteiger partial charge in [0.1, 0.15) is 23.2 Å². The van der Waals surface area contributed by atoms with Gasteiger partial charge in [0.15, 0.2) is 0 Å². The summed E-state index contributed by atoms with van der Waals surface area (Å²) in [4.78, 5) is 31.0. The molecule has 0 radical (unpaired) electrons. The third kappa shape index (κ3) is 3.24. The van der Waals surface area contributed by atoms with Crippen molar-refractivity contribution in [1.29, 1.82) is 0 Å². The Balaban J connectivity index is 1.28. The number of carbonyl (C=O) groups is 1. The number of hydrogen-bond donors (Lipinski definition) is 2. The zero-order valence-corrected chi connectivity index (χ0v) is 17.9. The second-order valence-corrected chi connectivity index (χ2v) is 8.57. The second-order valence-electron chi connectivity index (χ2n) is 8.57. The minimum Gasteiger partial charge on any atom is -0.368 e. The van der Waals surface area contributed by atoms with E-state index >= 15 is 0 Å². The first kappa shape index (κ1) is 19.1. The lowest BCUT2D eigenvalue weighted by atomic mass is 9.96. The van der Waals surface area contributed by atoms with E-state index in [0.717, 1.165) is 50.1 Å². The van der Waals surface area contributed by atoms with Crippen LogP contribution in [0.25, 0.3) is 11.0 Å². The van der Waals surface area contributed by atoms with Gasteiger partial charge in [-0.2, -0.15) is 4.98 Å². The number of rotatable bonds is 3. The van der Waals surface area contributed by atoms with Crippen LogP contribution in [0, 0.1) is 11.8 Å². The van der Waals surface area contributed by atoms with Crippen molar-refractivity contribution in [2.45, 2.75) is 24.9 Å². The molecule has 9 nitrogen and oxygen atoms in total. The van der Waals surface area contributed by atoms with E-state index in [4.69, 9.17) is 4.98 Å². The molecule has 2 atom stereocenters. The van der Waals surface area contributed by atoms with E-state index in [2.05, 4.69) is 55.4 Å². The molecule has 0 bridgehead atoms. The van der Waals surface area contributed by atoms with Crippen LogP contribution in [-0.4, -0.2) is 69.6 Å². The van der Waals surface area contributed by atoms with Gasteiger partial charge in [0.25, 0.3) is 5.91 Å². The maximum absolute atomic E-state index is 12.6. The molecule has 162 valence electrons. The van der Waals surface area contributed by atoms with Crippen LogP contribution in [0.4, 0.5) is 17.5 Å². The summed E-state index contributed by atoms with van der Waals surface area (Å²) in [5.74, 6) is 7.52. The maximum Gasteiger partial charge on any atom is 0.268 e. The summed E-state index contributed by atoms with van der Waals surface area (Å²) in [6.45, 7) is 4.12. The topological polar surface area (TPSA) is 91.2 Å². The highest BCUT2D eigenvalue weighted by Gasteiger charge is 2.35. The normalized spacial score (nSPS) is 22.5. The number of pyridine rings is 1. The number of piperazine rings is 1. The van der Waals surface area contributed by atoms with E-state index in [1.807, 2.05) is 22.9 Å². The molecule has 9 heteroatoms. The standard InChI is InChI=1S/C23H24N8O/c1-29-8-10-30(11-9-29)16-6-7-20(24-14-16)27-23-25-13-15-12-19-22(32)26-17-4-2-3-5-18(17)31(19)21(15)28-23/h6-7,12-14,17-18H,2,4,8-11H2,1H3,(H,26,32)(H,24,25,27,28)/t17-,18-/m0/s1. The Morgan fingerprint density at radius 2 is 2.03 bits per heavy atom. The molecule has 1 fully saturated rings. The summed E-state index contributed by atoms with van der Waals surface area (Å²) in [6, 6.07) is 5.78. The van der Waals surface area contributed by atoms with Crippen molar-refractivity contribution in [3.05, 3.63) is 36.3 Å². The van der Waals surface area contributed by atoms with Crippen molar-refractivity contribution in [1.82, 2.24) is 29.7 Å². The minimum absolute atomic E-state index is 0.0158. The Bertz CT molecular complexity index is 1250. The summed E-state index contributed by atoms with van der Waals surface area (Å²) < 4.78 is 1.96. The predicted molar refractivity (Wildman–Crippen MR) is 122 cm³/mol.